The van der Waals surface area contributed by atoms with Gasteiger partial charge in [-0.05, 0) is 25.0 Å². The Balaban J connectivity index is 1.82. The zero-order valence-corrected chi connectivity index (χ0v) is 12.2. The van der Waals surface area contributed by atoms with Crippen molar-refractivity contribution < 1.29 is 14.3 Å². The Labute approximate surface area is 128 Å². The molecule has 1 aromatic carbocycles. The maximum absolute atomic E-state index is 12.7. The normalized spacial score (nSPS) is 15.5. The number of carbonyl (C=O) groups excluding carboxylic acids is 2. The summed E-state index contributed by atoms with van der Waals surface area (Å²) >= 11 is 0. The van der Waals surface area contributed by atoms with Crippen LogP contribution in [0.5, 0.6) is 0 Å². The largest absolute Gasteiger partial charge is 0.443 e. The molecule has 1 atom stereocenters. The van der Waals surface area contributed by atoms with Gasteiger partial charge in [-0.2, -0.15) is 0 Å². The molecule has 2 heterocycles. The number of amides is 1. The molecule has 1 fully saturated rings. The standard InChI is InChI=1S/C17H18N2O3/c20-16(19-11-4-5-12-19)15(13-7-2-1-3-8-13)22-17(21)14-9-6-10-18-14/h1-3,6-10,15,18H,4-5,11-12H2/t15-/m0/s1. The van der Waals surface area contributed by atoms with Crippen molar-refractivity contribution in [3.63, 3.8) is 0 Å². The highest BCUT2D eigenvalue weighted by molar-refractivity contribution is 5.91. The minimum Gasteiger partial charge on any atom is -0.443 e. The molecule has 22 heavy (non-hydrogen) atoms. The third-order valence-electron chi connectivity index (χ3n) is 3.79. The lowest BCUT2D eigenvalue weighted by Gasteiger charge is -2.23. The molecule has 2 aromatic rings. The monoisotopic (exact) mass is 298 g/mol. The van der Waals surface area contributed by atoms with Crippen molar-refractivity contribution >= 4 is 11.9 Å². The molecule has 1 saturated heterocycles. The SMILES string of the molecule is O=C(O[C@H](C(=O)N1CCCC1)c1ccccc1)c1ccc[nH]1. The zero-order valence-electron chi connectivity index (χ0n) is 12.2. The predicted octanol–water partition coefficient (Wildman–Crippen LogP) is 2.54. The molecular formula is C17H18N2O3. The molecular weight excluding hydrogens is 280 g/mol. The topological polar surface area (TPSA) is 62.4 Å². The fourth-order valence-corrected chi connectivity index (χ4v) is 2.62. The number of likely N-dealkylation sites (tertiary alicyclic amines) is 1. The van der Waals surface area contributed by atoms with E-state index in [0.29, 0.717) is 11.3 Å². The predicted molar refractivity (Wildman–Crippen MR) is 81.2 cm³/mol. The summed E-state index contributed by atoms with van der Waals surface area (Å²) in [7, 11) is 0. The van der Waals surface area contributed by atoms with Crippen LogP contribution in [-0.4, -0.2) is 34.8 Å². The van der Waals surface area contributed by atoms with Crippen LogP contribution in [0.3, 0.4) is 0 Å². The number of H-pyrrole nitrogens is 1. The molecule has 0 saturated carbocycles. The van der Waals surface area contributed by atoms with Gasteiger partial charge in [0.15, 0.2) is 0 Å². The molecule has 1 aliphatic heterocycles. The lowest BCUT2D eigenvalue weighted by atomic mass is 10.1. The van der Waals surface area contributed by atoms with Crippen LogP contribution >= 0.6 is 0 Å². The molecule has 1 aromatic heterocycles. The smallest absolute Gasteiger partial charge is 0.355 e. The van der Waals surface area contributed by atoms with E-state index in [-0.39, 0.29) is 5.91 Å². The molecule has 5 nitrogen and oxygen atoms in total. The highest BCUT2D eigenvalue weighted by Gasteiger charge is 2.31. The Bertz CT molecular complexity index is 631. The summed E-state index contributed by atoms with van der Waals surface area (Å²) in [5.74, 6) is -0.671. The molecule has 114 valence electrons. The first-order chi connectivity index (χ1) is 10.8. The number of aromatic amines is 1. The molecule has 1 amide bonds. The average Bonchev–Trinajstić information content (AvgIpc) is 3.25. The van der Waals surface area contributed by atoms with Crippen molar-refractivity contribution in [3.05, 3.63) is 59.9 Å². The number of nitrogens with one attached hydrogen (secondary N) is 1. The molecule has 0 bridgehead atoms. The Morgan fingerprint density at radius 3 is 2.41 bits per heavy atom. The second kappa shape index (κ2) is 6.47. The van der Waals surface area contributed by atoms with Gasteiger partial charge in [-0.1, -0.05) is 30.3 Å². The minimum absolute atomic E-state index is 0.149. The first-order valence-corrected chi connectivity index (χ1v) is 7.44. The second-order valence-electron chi connectivity index (χ2n) is 5.31. The lowest BCUT2D eigenvalue weighted by molar-refractivity contribution is -0.140. The highest BCUT2D eigenvalue weighted by atomic mass is 16.5. The number of benzene rings is 1. The number of rotatable bonds is 4. The molecule has 1 aliphatic rings. The van der Waals surface area contributed by atoms with Gasteiger partial charge in [0.1, 0.15) is 5.69 Å². The summed E-state index contributed by atoms with van der Waals surface area (Å²) < 4.78 is 5.49. The maximum atomic E-state index is 12.7. The van der Waals surface area contributed by atoms with E-state index in [9.17, 15) is 9.59 Å². The summed E-state index contributed by atoms with van der Waals surface area (Å²) in [5.41, 5.74) is 1.04. The van der Waals surface area contributed by atoms with Crippen LogP contribution in [0.25, 0.3) is 0 Å². The molecule has 5 heteroatoms. The van der Waals surface area contributed by atoms with Crippen LogP contribution in [-0.2, 0) is 9.53 Å². The summed E-state index contributed by atoms with van der Waals surface area (Å²) in [6, 6.07) is 12.5. The van der Waals surface area contributed by atoms with E-state index in [1.807, 2.05) is 18.2 Å². The lowest BCUT2D eigenvalue weighted by Crippen LogP contribution is -2.34. The molecule has 0 unspecified atom stereocenters. The van der Waals surface area contributed by atoms with Crippen molar-refractivity contribution in [2.45, 2.75) is 18.9 Å². The van der Waals surface area contributed by atoms with Crippen molar-refractivity contribution in [3.8, 4) is 0 Å². The van der Waals surface area contributed by atoms with E-state index in [1.54, 1.807) is 35.4 Å². The Morgan fingerprint density at radius 1 is 1.05 bits per heavy atom. The Hall–Kier alpha value is -2.56. The quantitative estimate of drug-likeness (QED) is 0.882. The number of aromatic nitrogens is 1. The number of hydrogen-bond donors (Lipinski definition) is 1. The van der Waals surface area contributed by atoms with E-state index in [4.69, 9.17) is 4.74 Å². The van der Waals surface area contributed by atoms with Crippen LogP contribution < -0.4 is 0 Å². The molecule has 0 spiro atoms. The molecule has 0 aliphatic carbocycles. The zero-order chi connectivity index (χ0) is 15.4. The number of carbonyl (C=O) groups is 2. The van der Waals surface area contributed by atoms with E-state index >= 15 is 0 Å². The molecule has 1 N–H and O–H groups in total. The van der Waals surface area contributed by atoms with Crippen molar-refractivity contribution in [2.24, 2.45) is 0 Å². The fraction of sp³-hybridized carbons (Fsp3) is 0.294. The summed E-state index contributed by atoms with van der Waals surface area (Å²) in [4.78, 5) is 29.4. The average molecular weight is 298 g/mol. The first kappa shape index (κ1) is 14.4. The van der Waals surface area contributed by atoms with Crippen LogP contribution in [0.2, 0.25) is 0 Å². The Kier molecular flexibility index (Phi) is 4.23. The molecule has 3 rings (SSSR count). The third kappa shape index (κ3) is 3.03. The van der Waals surface area contributed by atoms with Crippen LogP contribution in [0.1, 0.15) is 35.0 Å². The van der Waals surface area contributed by atoms with Gasteiger partial charge in [0.05, 0.1) is 0 Å². The van der Waals surface area contributed by atoms with Crippen molar-refractivity contribution in [2.75, 3.05) is 13.1 Å². The van der Waals surface area contributed by atoms with E-state index in [2.05, 4.69) is 4.98 Å². The van der Waals surface area contributed by atoms with Crippen LogP contribution in [0.15, 0.2) is 48.7 Å². The van der Waals surface area contributed by atoms with Gasteiger partial charge < -0.3 is 14.6 Å². The van der Waals surface area contributed by atoms with Gasteiger partial charge in [-0.25, -0.2) is 4.79 Å². The molecule has 0 radical (unpaired) electrons. The first-order valence-electron chi connectivity index (χ1n) is 7.44. The fourth-order valence-electron chi connectivity index (χ4n) is 2.62. The van der Waals surface area contributed by atoms with Crippen molar-refractivity contribution in [1.82, 2.24) is 9.88 Å². The van der Waals surface area contributed by atoms with E-state index < -0.39 is 12.1 Å². The number of esters is 1. The Morgan fingerprint density at radius 2 is 1.77 bits per heavy atom. The number of ether oxygens (including phenoxy) is 1. The number of nitrogens with zero attached hydrogens (tertiary/aromatic N) is 1. The third-order valence-corrected chi connectivity index (χ3v) is 3.79. The minimum atomic E-state index is -0.893. The van der Waals surface area contributed by atoms with Gasteiger partial charge in [0, 0.05) is 24.8 Å². The van der Waals surface area contributed by atoms with Gasteiger partial charge in [-0.15, -0.1) is 0 Å². The van der Waals surface area contributed by atoms with E-state index in [1.165, 1.54) is 0 Å². The summed E-state index contributed by atoms with van der Waals surface area (Å²) in [6.07, 6.45) is 2.75. The highest BCUT2D eigenvalue weighted by Crippen LogP contribution is 2.23. The van der Waals surface area contributed by atoms with Gasteiger partial charge in [0.25, 0.3) is 5.91 Å². The van der Waals surface area contributed by atoms with Gasteiger partial charge >= 0.3 is 5.97 Å². The maximum Gasteiger partial charge on any atom is 0.355 e. The van der Waals surface area contributed by atoms with Gasteiger partial charge in [0.2, 0.25) is 6.10 Å². The van der Waals surface area contributed by atoms with E-state index in [0.717, 1.165) is 25.9 Å². The second-order valence-corrected chi connectivity index (χ2v) is 5.31. The summed E-state index contributed by atoms with van der Waals surface area (Å²) in [5, 5.41) is 0. The van der Waals surface area contributed by atoms with Crippen molar-refractivity contribution in [1.29, 1.82) is 0 Å². The van der Waals surface area contributed by atoms with Crippen LogP contribution in [0, 0.1) is 0 Å². The summed E-state index contributed by atoms with van der Waals surface area (Å²) in [6.45, 7) is 1.45. The van der Waals surface area contributed by atoms with Crippen LogP contribution in [0.4, 0.5) is 0 Å². The van der Waals surface area contributed by atoms with Gasteiger partial charge in [-0.3, -0.25) is 4.79 Å². The number of hydrogen-bond acceptors (Lipinski definition) is 3.